The molecule has 1 saturated heterocycles. The van der Waals surface area contributed by atoms with Gasteiger partial charge >= 0.3 is 0 Å². The van der Waals surface area contributed by atoms with E-state index in [0.29, 0.717) is 24.0 Å². The van der Waals surface area contributed by atoms with Crippen LogP contribution in [0.3, 0.4) is 0 Å². The molecule has 0 spiro atoms. The minimum Gasteiger partial charge on any atom is -0.471 e. The molecule has 1 aromatic rings. The maximum Gasteiger partial charge on any atom is 0.240 e. The van der Waals surface area contributed by atoms with Gasteiger partial charge in [0.15, 0.2) is 0 Å². The van der Waals surface area contributed by atoms with Crippen molar-refractivity contribution in [2.45, 2.75) is 18.4 Å². The maximum absolute atomic E-state index is 11.5. The molecule has 1 fully saturated rings. The minimum atomic E-state index is -0.482. The van der Waals surface area contributed by atoms with Crippen LogP contribution in [0.2, 0.25) is 5.02 Å². The van der Waals surface area contributed by atoms with Crippen LogP contribution in [0.4, 0.5) is 0 Å². The highest BCUT2D eigenvalue weighted by molar-refractivity contribution is 6.30. The lowest BCUT2D eigenvalue weighted by Crippen LogP contribution is -2.57. The largest absolute Gasteiger partial charge is 0.471 e. The number of likely N-dealkylation sites (tertiary alicyclic amines) is 1. The number of rotatable bonds is 3. The lowest BCUT2D eigenvalue weighted by atomic mass is 10.1. The fourth-order valence-corrected chi connectivity index (χ4v) is 1.80. The smallest absolute Gasteiger partial charge is 0.240 e. The highest BCUT2D eigenvalue weighted by Crippen LogP contribution is 2.19. The van der Waals surface area contributed by atoms with Gasteiger partial charge in [0, 0.05) is 12.3 Å². The van der Waals surface area contributed by atoms with Gasteiger partial charge in [-0.2, -0.15) is 0 Å². The van der Waals surface area contributed by atoms with Crippen LogP contribution in [0.15, 0.2) is 18.3 Å². The molecule has 1 unspecified atom stereocenters. The zero-order chi connectivity index (χ0) is 12.4. The molecule has 0 aromatic carbocycles. The highest BCUT2D eigenvalue weighted by Gasteiger charge is 2.33. The first-order chi connectivity index (χ1) is 8.06. The summed E-state index contributed by atoms with van der Waals surface area (Å²) in [6, 6.07) is 3.42. The third-order valence-electron chi connectivity index (χ3n) is 2.49. The SMILES string of the molecule is CC(Cl)C(=O)N1CC(Oc2ccc(Cl)cn2)C1. The van der Waals surface area contributed by atoms with E-state index in [9.17, 15) is 4.79 Å². The maximum atomic E-state index is 11.5. The second-order valence-electron chi connectivity index (χ2n) is 3.91. The van der Waals surface area contributed by atoms with E-state index in [0.717, 1.165) is 0 Å². The van der Waals surface area contributed by atoms with Crippen molar-refractivity contribution >= 4 is 29.1 Å². The molecular formula is C11H12Cl2N2O2. The fraction of sp³-hybridized carbons (Fsp3) is 0.455. The summed E-state index contributed by atoms with van der Waals surface area (Å²) in [5.41, 5.74) is 0. The third-order valence-corrected chi connectivity index (χ3v) is 2.90. The van der Waals surface area contributed by atoms with Crippen molar-refractivity contribution in [2.75, 3.05) is 13.1 Å². The van der Waals surface area contributed by atoms with Crippen molar-refractivity contribution in [1.82, 2.24) is 9.88 Å². The number of carbonyl (C=O) groups is 1. The number of hydrogen-bond acceptors (Lipinski definition) is 3. The van der Waals surface area contributed by atoms with Crippen molar-refractivity contribution in [3.63, 3.8) is 0 Å². The zero-order valence-electron chi connectivity index (χ0n) is 9.27. The van der Waals surface area contributed by atoms with E-state index in [2.05, 4.69) is 4.98 Å². The molecule has 1 atom stereocenters. The second kappa shape index (κ2) is 5.10. The highest BCUT2D eigenvalue weighted by atomic mass is 35.5. The molecule has 0 radical (unpaired) electrons. The van der Waals surface area contributed by atoms with Gasteiger partial charge in [0.1, 0.15) is 11.5 Å². The van der Waals surface area contributed by atoms with E-state index in [1.807, 2.05) is 0 Å². The van der Waals surface area contributed by atoms with Gasteiger partial charge in [-0.15, -0.1) is 11.6 Å². The van der Waals surface area contributed by atoms with Gasteiger partial charge in [-0.3, -0.25) is 4.79 Å². The van der Waals surface area contributed by atoms with Gasteiger partial charge in [-0.25, -0.2) is 4.98 Å². The van der Waals surface area contributed by atoms with Crippen LogP contribution >= 0.6 is 23.2 Å². The quantitative estimate of drug-likeness (QED) is 0.792. The molecule has 1 amide bonds. The molecule has 6 heteroatoms. The Morgan fingerprint density at radius 1 is 1.59 bits per heavy atom. The molecule has 17 heavy (non-hydrogen) atoms. The average molecular weight is 275 g/mol. The number of amides is 1. The van der Waals surface area contributed by atoms with E-state index in [-0.39, 0.29) is 12.0 Å². The van der Waals surface area contributed by atoms with Crippen LogP contribution in [0.5, 0.6) is 5.88 Å². The Morgan fingerprint density at radius 2 is 2.29 bits per heavy atom. The Balaban J connectivity index is 1.81. The predicted octanol–water partition coefficient (Wildman–Crippen LogP) is 1.95. The molecule has 0 N–H and O–H groups in total. The van der Waals surface area contributed by atoms with Gasteiger partial charge in [0.25, 0.3) is 0 Å². The summed E-state index contributed by atoms with van der Waals surface area (Å²) in [5, 5.41) is 0.0864. The molecule has 0 bridgehead atoms. The van der Waals surface area contributed by atoms with Crippen LogP contribution in [-0.4, -0.2) is 40.4 Å². The second-order valence-corrected chi connectivity index (χ2v) is 5.00. The molecule has 1 aliphatic heterocycles. The first-order valence-corrected chi connectivity index (χ1v) is 6.09. The van der Waals surface area contributed by atoms with Crippen LogP contribution in [0.25, 0.3) is 0 Å². The first kappa shape index (κ1) is 12.5. The molecular weight excluding hydrogens is 263 g/mol. The van der Waals surface area contributed by atoms with E-state index < -0.39 is 5.38 Å². The van der Waals surface area contributed by atoms with Crippen LogP contribution in [0.1, 0.15) is 6.92 Å². The Labute approximate surface area is 109 Å². The first-order valence-electron chi connectivity index (χ1n) is 5.27. The monoisotopic (exact) mass is 274 g/mol. The van der Waals surface area contributed by atoms with Gasteiger partial charge in [0.05, 0.1) is 18.1 Å². The van der Waals surface area contributed by atoms with E-state index in [1.54, 1.807) is 24.0 Å². The summed E-state index contributed by atoms with van der Waals surface area (Å²) in [5.74, 6) is 0.459. The third kappa shape index (κ3) is 3.01. The zero-order valence-corrected chi connectivity index (χ0v) is 10.8. The molecule has 1 aliphatic rings. The number of ether oxygens (including phenoxy) is 1. The summed E-state index contributed by atoms with van der Waals surface area (Å²) >= 11 is 11.4. The lowest BCUT2D eigenvalue weighted by molar-refractivity contribution is -0.139. The van der Waals surface area contributed by atoms with Crippen molar-refractivity contribution in [3.05, 3.63) is 23.4 Å². The van der Waals surface area contributed by atoms with Gasteiger partial charge < -0.3 is 9.64 Å². The summed E-state index contributed by atoms with van der Waals surface area (Å²) in [6.45, 7) is 2.78. The predicted molar refractivity (Wildman–Crippen MR) is 65.6 cm³/mol. The van der Waals surface area contributed by atoms with Crippen molar-refractivity contribution in [2.24, 2.45) is 0 Å². The Kier molecular flexibility index (Phi) is 3.74. The molecule has 1 aromatic heterocycles. The number of nitrogens with zero attached hydrogens (tertiary/aromatic N) is 2. The van der Waals surface area contributed by atoms with Crippen LogP contribution in [-0.2, 0) is 4.79 Å². The van der Waals surface area contributed by atoms with Crippen LogP contribution in [0, 0.1) is 0 Å². The lowest BCUT2D eigenvalue weighted by Gasteiger charge is -2.39. The Bertz CT molecular complexity index is 402. The topological polar surface area (TPSA) is 42.4 Å². The summed E-state index contributed by atoms with van der Waals surface area (Å²) in [7, 11) is 0. The standard InChI is InChI=1S/C11H12Cl2N2O2/c1-7(12)11(16)15-5-9(6-15)17-10-3-2-8(13)4-14-10/h2-4,7,9H,5-6H2,1H3. The summed E-state index contributed by atoms with van der Waals surface area (Å²) in [4.78, 5) is 17.2. The Hall–Kier alpha value is -1.00. The Morgan fingerprint density at radius 3 is 2.82 bits per heavy atom. The molecule has 2 rings (SSSR count). The number of alkyl halides is 1. The number of hydrogen-bond donors (Lipinski definition) is 0. The average Bonchev–Trinajstić information content (AvgIpc) is 2.24. The molecule has 0 aliphatic carbocycles. The van der Waals surface area contributed by atoms with Gasteiger partial charge in [-0.1, -0.05) is 11.6 Å². The van der Waals surface area contributed by atoms with Crippen molar-refractivity contribution < 1.29 is 9.53 Å². The fourth-order valence-electron chi connectivity index (χ4n) is 1.55. The van der Waals surface area contributed by atoms with Gasteiger partial charge in [0.2, 0.25) is 11.8 Å². The number of carbonyl (C=O) groups excluding carboxylic acids is 1. The van der Waals surface area contributed by atoms with Crippen molar-refractivity contribution in [1.29, 1.82) is 0 Å². The normalized spacial score (nSPS) is 17.5. The number of aromatic nitrogens is 1. The number of pyridine rings is 1. The molecule has 2 heterocycles. The summed E-state index contributed by atoms with van der Waals surface area (Å²) in [6.07, 6.45) is 1.52. The van der Waals surface area contributed by atoms with E-state index in [1.165, 1.54) is 6.20 Å². The van der Waals surface area contributed by atoms with E-state index in [4.69, 9.17) is 27.9 Å². The minimum absolute atomic E-state index is 0.0111. The number of halogens is 2. The van der Waals surface area contributed by atoms with Crippen LogP contribution < -0.4 is 4.74 Å². The summed E-state index contributed by atoms with van der Waals surface area (Å²) < 4.78 is 5.56. The molecule has 0 saturated carbocycles. The van der Waals surface area contributed by atoms with Crippen molar-refractivity contribution in [3.8, 4) is 5.88 Å². The van der Waals surface area contributed by atoms with E-state index >= 15 is 0 Å². The molecule has 4 nitrogen and oxygen atoms in total. The van der Waals surface area contributed by atoms with Gasteiger partial charge in [-0.05, 0) is 13.0 Å². The molecule has 92 valence electrons.